The Balaban J connectivity index is 2.97. The van der Waals surface area contributed by atoms with Crippen LogP contribution in [0.1, 0.15) is 17.2 Å². The molecule has 3 nitrogen and oxygen atoms in total. The van der Waals surface area contributed by atoms with Crippen molar-refractivity contribution in [2.75, 3.05) is 6.54 Å². The largest absolute Gasteiger partial charge is 0.416 e. The summed E-state index contributed by atoms with van der Waals surface area (Å²) in [6.45, 7) is -0.235. The second kappa shape index (κ2) is 4.39. The van der Waals surface area contributed by atoms with Gasteiger partial charge in [-0.2, -0.15) is 18.1 Å². The summed E-state index contributed by atoms with van der Waals surface area (Å²) in [6.07, 6.45) is -4.40. The molecule has 0 saturated heterocycles. The van der Waals surface area contributed by atoms with Crippen LogP contribution in [0, 0.1) is 4.91 Å². The lowest BCUT2D eigenvalue weighted by atomic mass is 10.0. The van der Waals surface area contributed by atoms with E-state index in [4.69, 9.17) is 5.73 Å². The smallest absolute Gasteiger partial charge is 0.322 e. The standard InChI is InChI=1S/C9H9F3N2O/c10-9(11,12)7-3-1-2-6(4-7)8(13)5-14-15/h1-4,8H,5,13H2. The first-order chi connectivity index (χ1) is 6.95. The number of hydrogen-bond donors (Lipinski definition) is 1. The number of benzene rings is 1. The van der Waals surface area contributed by atoms with Crippen LogP contribution in [-0.2, 0) is 6.18 Å². The summed E-state index contributed by atoms with van der Waals surface area (Å²) in [6, 6.07) is 3.78. The third kappa shape index (κ3) is 3.02. The van der Waals surface area contributed by atoms with Crippen molar-refractivity contribution in [3.8, 4) is 0 Å². The van der Waals surface area contributed by atoms with Gasteiger partial charge in [0.25, 0.3) is 0 Å². The average Bonchev–Trinajstić information content (AvgIpc) is 2.17. The first-order valence-corrected chi connectivity index (χ1v) is 4.17. The van der Waals surface area contributed by atoms with E-state index in [9.17, 15) is 18.1 Å². The molecule has 1 atom stereocenters. The van der Waals surface area contributed by atoms with E-state index in [1.165, 1.54) is 12.1 Å². The van der Waals surface area contributed by atoms with Crippen LogP contribution >= 0.6 is 0 Å². The van der Waals surface area contributed by atoms with Gasteiger partial charge in [-0.25, -0.2) is 0 Å². The quantitative estimate of drug-likeness (QED) is 0.792. The Morgan fingerprint density at radius 2 is 2.07 bits per heavy atom. The highest BCUT2D eigenvalue weighted by Gasteiger charge is 2.30. The molecule has 1 unspecified atom stereocenters. The van der Waals surface area contributed by atoms with Gasteiger partial charge in [-0.3, -0.25) is 0 Å². The van der Waals surface area contributed by atoms with Crippen LogP contribution in [0.15, 0.2) is 29.4 Å². The van der Waals surface area contributed by atoms with E-state index in [0.29, 0.717) is 0 Å². The maximum absolute atomic E-state index is 12.3. The van der Waals surface area contributed by atoms with E-state index in [0.717, 1.165) is 12.1 Å². The van der Waals surface area contributed by atoms with Crippen molar-refractivity contribution in [1.29, 1.82) is 0 Å². The topological polar surface area (TPSA) is 55.4 Å². The van der Waals surface area contributed by atoms with Gasteiger partial charge in [-0.15, -0.1) is 0 Å². The second-order valence-electron chi connectivity index (χ2n) is 3.04. The fraction of sp³-hybridized carbons (Fsp3) is 0.333. The van der Waals surface area contributed by atoms with Crippen molar-refractivity contribution in [3.05, 3.63) is 40.3 Å². The first kappa shape index (κ1) is 11.6. The number of rotatable bonds is 3. The minimum Gasteiger partial charge on any atom is -0.322 e. The summed E-state index contributed by atoms with van der Waals surface area (Å²) in [7, 11) is 0. The molecule has 0 aromatic heterocycles. The molecule has 0 aliphatic heterocycles. The SMILES string of the molecule is NC(CN=O)c1cccc(C(F)(F)F)c1. The van der Waals surface area contributed by atoms with Gasteiger partial charge < -0.3 is 5.73 Å². The molecule has 0 aliphatic carbocycles. The van der Waals surface area contributed by atoms with E-state index in [2.05, 4.69) is 5.18 Å². The third-order valence-electron chi connectivity index (χ3n) is 1.91. The summed E-state index contributed by atoms with van der Waals surface area (Å²) in [5.74, 6) is 0. The highest BCUT2D eigenvalue weighted by atomic mass is 19.4. The maximum Gasteiger partial charge on any atom is 0.416 e. The van der Waals surface area contributed by atoms with E-state index in [1.54, 1.807) is 0 Å². The van der Waals surface area contributed by atoms with E-state index in [1.807, 2.05) is 0 Å². The summed E-state index contributed by atoms with van der Waals surface area (Å²) in [4.78, 5) is 9.92. The van der Waals surface area contributed by atoms with Crippen LogP contribution in [0.4, 0.5) is 13.2 Å². The zero-order valence-electron chi connectivity index (χ0n) is 7.66. The normalized spacial score (nSPS) is 13.6. The number of alkyl halides is 3. The summed E-state index contributed by atoms with van der Waals surface area (Å²) < 4.78 is 36.9. The lowest BCUT2D eigenvalue weighted by Gasteiger charge is -2.11. The molecule has 0 bridgehead atoms. The molecule has 6 heteroatoms. The van der Waals surface area contributed by atoms with Gasteiger partial charge in [0, 0.05) is 0 Å². The maximum atomic E-state index is 12.3. The minimum atomic E-state index is -4.40. The van der Waals surface area contributed by atoms with Crippen molar-refractivity contribution in [2.45, 2.75) is 12.2 Å². The number of nitrogens with two attached hydrogens (primary N) is 1. The van der Waals surface area contributed by atoms with Gasteiger partial charge in [-0.05, 0) is 17.7 Å². The Bertz CT molecular complexity index is 351. The predicted octanol–water partition coefficient (Wildman–Crippen LogP) is 2.47. The summed E-state index contributed by atoms with van der Waals surface area (Å²) >= 11 is 0. The highest BCUT2D eigenvalue weighted by Crippen LogP contribution is 2.30. The van der Waals surface area contributed by atoms with Crippen LogP contribution in [0.2, 0.25) is 0 Å². The molecule has 0 heterocycles. The lowest BCUT2D eigenvalue weighted by Crippen LogP contribution is -2.14. The molecule has 82 valence electrons. The Labute approximate surface area is 84.1 Å². The van der Waals surface area contributed by atoms with E-state index < -0.39 is 17.8 Å². The van der Waals surface area contributed by atoms with Gasteiger partial charge in [0.05, 0.1) is 11.6 Å². The van der Waals surface area contributed by atoms with Gasteiger partial charge in [0.2, 0.25) is 0 Å². The average molecular weight is 218 g/mol. The Morgan fingerprint density at radius 1 is 1.40 bits per heavy atom. The molecule has 15 heavy (non-hydrogen) atoms. The Hall–Kier alpha value is -1.43. The molecule has 0 saturated carbocycles. The molecule has 0 radical (unpaired) electrons. The monoisotopic (exact) mass is 218 g/mol. The van der Waals surface area contributed by atoms with Crippen molar-refractivity contribution < 1.29 is 13.2 Å². The van der Waals surface area contributed by atoms with Crippen LogP contribution in [-0.4, -0.2) is 6.54 Å². The van der Waals surface area contributed by atoms with Gasteiger partial charge in [0.15, 0.2) is 0 Å². The van der Waals surface area contributed by atoms with Crippen molar-refractivity contribution in [1.82, 2.24) is 0 Å². The van der Waals surface area contributed by atoms with Gasteiger partial charge in [-0.1, -0.05) is 17.3 Å². The van der Waals surface area contributed by atoms with Gasteiger partial charge in [0.1, 0.15) is 6.54 Å². The molecule has 0 fully saturated rings. The molecule has 2 N–H and O–H groups in total. The number of hydrogen-bond acceptors (Lipinski definition) is 3. The lowest BCUT2D eigenvalue weighted by molar-refractivity contribution is -0.137. The Kier molecular flexibility index (Phi) is 3.41. The molecule has 1 rings (SSSR count). The van der Waals surface area contributed by atoms with E-state index in [-0.39, 0.29) is 12.1 Å². The second-order valence-corrected chi connectivity index (χ2v) is 3.04. The Morgan fingerprint density at radius 3 is 2.60 bits per heavy atom. The molecular formula is C9H9F3N2O. The van der Waals surface area contributed by atoms with Crippen molar-refractivity contribution in [2.24, 2.45) is 10.9 Å². The fourth-order valence-corrected chi connectivity index (χ4v) is 1.13. The van der Waals surface area contributed by atoms with Crippen LogP contribution in [0.5, 0.6) is 0 Å². The third-order valence-corrected chi connectivity index (χ3v) is 1.91. The molecular weight excluding hydrogens is 209 g/mol. The van der Waals surface area contributed by atoms with E-state index >= 15 is 0 Å². The number of nitroso groups, excluding NO2 is 1. The van der Waals surface area contributed by atoms with Crippen LogP contribution in [0.3, 0.4) is 0 Å². The molecule has 0 aliphatic rings. The van der Waals surface area contributed by atoms with Crippen molar-refractivity contribution in [3.63, 3.8) is 0 Å². The summed E-state index contributed by atoms with van der Waals surface area (Å²) in [5.41, 5.74) is 4.93. The first-order valence-electron chi connectivity index (χ1n) is 4.17. The van der Waals surface area contributed by atoms with Crippen LogP contribution < -0.4 is 5.73 Å². The minimum absolute atomic E-state index is 0.235. The predicted molar refractivity (Wildman–Crippen MR) is 49.0 cm³/mol. The van der Waals surface area contributed by atoms with Crippen molar-refractivity contribution >= 4 is 0 Å². The summed E-state index contributed by atoms with van der Waals surface area (Å²) in [5, 5.41) is 2.55. The van der Waals surface area contributed by atoms with Gasteiger partial charge >= 0.3 is 6.18 Å². The molecule has 0 spiro atoms. The molecule has 0 amide bonds. The number of nitrogens with zero attached hydrogens (tertiary/aromatic N) is 1. The number of halogens is 3. The zero-order valence-corrected chi connectivity index (χ0v) is 7.66. The molecule has 1 aromatic rings. The zero-order chi connectivity index (χ0) is 11.5. The molecule has 1 aromatic carbocycles. The highest BCUT2D eigenvalue weighted by molar-refractivity contribution is 5.27. The van der Waals surface area contributed by atoms with Crippen LogP contribution in [0.25, 0.3) is 0 Å². The fourth-order valence-electron chi connectivity index (χ4n) is 1.13.